The summed E-state index contributed by atoms with van der Waals surface area (Å²) in [6.45, 7) is 0. The third-order valence-electron chi connectivity index (χ3n) is 11.2. The van der Waals surface area contributed by atoms with E-state index in [-0.39, 0.29) is 0 Å². The highest BCUT2D eigenvalue weighted by atomic mass is 15.1. The van der Waals surface area contributed by atoms with E-state index in [4.69, 9.17) is 15.0 Å². The molecule has 0 unspecified atom stereocenters. The molecule has 9 aromatic carbocycles. The van der Waals surface area contributed by atoms with Gasteiger partial charge in [-0.2, -0.15) is 0 Å². The maximum atomic E-state index is 5.42. The molecular formula is C55H36N4. The Kier molecular flexibility index (Phi) is 8.45. The quantitative estimate of drug-likeness (QED) is 0.163. The molecule has 0 aliphatic carbocycles. The number of benzene rings is 9. The summed E-state index contributed by atoms with van der Waals surface area (Å²) in [5.74, 6) is 1.82. The minimum atomic E-state index is 0.598. The van der Waals surface area contributed by atoms with Crippen molar-refractivity contribution >= 4 is 32.6 Å². The SMILES string of the molecule is c1ccc(-c2cccc(-c3nc(-c4cc(-c5ccccc5)c5ccccc5c4)nc(-c4ccc(-c5ccccc5)cc4-n4c5ccccc5c5ccccc54)n3)c2)cc1. The molecule has 0 aliphatic rings. The second-order valence-electron chi connectivity index (χ2n) is 14.8. The molecule has 4 nitrogen and oxygen atoms in total. The van der Waals surface area contributed by atoms with Crippen molar-refractivity contribution < 1.29 is 0 Å². The fraction of sp³-hybridized carbons (Fsp3) is 0. The standard InChI is InChI=1S/C55H36N4/c1-4-17-37(18-5-1)40-24-16-25-43(33-40)53-56-54(44-34-42-23-10-11-26-45(42)49(35-44)39-21-8-3-9-22-39)58-55(57-53)48-32-31-41(38-19-6-2-7-20-38)36-52(48)59-50-29-14-12-27-46(50)47-28-13-15-30-51(47)59/h1-36H. The Morgan fingerprint density at radius 1 is 0.271 bits per heavy atom. The van der Waals surface area contributed by atoms with Crippen molar-refractivity contribution in [3.63, 3.8) is 0 Å². The van der Waals surface area contributed by atoms with Crippen molar-refractivity contribution in [1.82, 2.24) is 19.5 Å². The van der Waals surface area contributed by atoms with Crippen LogP contribution in [0.2, 0.25) is 0 Å². The lowest BCUT2D eigenvalue weighted by Gasteiger charge is -2.17. The molecule has 4 heteroatoms. The zero-order valence-corrected chi connectivity index (χ0v) is 32.1. The first-order valence-corrected chi connectivity index (χ1v) is 19.9. The maximum absolute atomic E-state index is 5.42. The molecular weight excluding hydrogens is 717 g/mol. The van der Waals surface area contributed by atoms with Gasteiger partial charge in [0.05, 0.1) is 16.7 Å². The molecule has 11 rings (SSSR count). The molecule has 276 valence electrons. The van der Waals surface area contributed by atoms with E-state index >= 15 is 0 Å². The largest absolute Gasteiger partial charge is 0.308 e. The summed E-state index contributed by atoms with van der Waals surface area (Å²) in [6, 6.07) is 77.0. The Hall–Kier alpha value is -7.95. The number of hydrogen-bond acceptors (Lipinski definition) is 3. The van der Waals surface area contributed by atoms with Crippen molar-refractivity contribution in [3.05, 3.63) is 218 Å². The zero-order chi connectivity index (χ0) is 39.1. The molecule has 59 heavy (non-hydrogen) atoms. The third kappa shape index (κ3) is 6.24. The van der Waals surface area contributed by atoms with Crippen LogP contribution in [0.1, 0.15) is 0 Å². The van der Waals surface area contributed by atoms with Gasteiger partial charge in [-0.15, -0.1) is 0 Å². The molecule has 0 aliphatic heterocycles. The molecule has 2 aromatic heterocycles. The van der Waals surface area contributed by atoms with Gasteiger partial charge in [0.25, 0.3) is 0 Å². The number of rotatable bonds is 7. The van der Waals surface area contributed by atoms with E-state index in [1.54, 1.807) is 0 Å². The van der Waals surface area contributed by atoms with E-state index in [1.807, 2.05) is 6.07 Å². The summed E-state index contributed by atoms with van der Waals surface area (Å²) in [6.07, 6.45) is 0. The van der Waals surface area contributed by atoms with Crippen LogP contribution in [0.25, 0.3) is 106 Å². The van der Waals surface area contributed by atoms with Crippen LogP contribution in [0.4, 0.5) is 0 Å². The predicted molar refractivity (Wildman–Crippen MR) is 244 cm³/mol. The van der Waals surface area contributed by atoms with Gasteiger partial charge in [-0.25, -0.2) is 15.0 Å². The average Bonchev–Trinajstić information content (AvgIpc) is 3.66. The van der Waals surface area contributed by atoms with Crippen LogP contribution in [0.3, 0.4) is 0 Å². The third-order valence-corrected chi connectivity index (χ3v) is 11.2. The van der Waals surface area contributed by atoms with E-state index in [9.17, 15) is 0 Å². The Morgan fingerprint density at radius 3 is 1.42 bits per heavy atom. The number of fused-ring (bicyclic) bond motifs is 4. The topological polar surface area (TPSA) is 43.6 Å². The van der Waals surface area contributed by atoms with Crippen molar-refractivity contribution in [3.8, 4) is 73.2 Å². The molecule has 0 spiro atoms. The van der Waals surface area contributed by atoms with Crippen LogP contribution < -0.4 is 0 Å². The molecule has 0 saturated carbocycles. The Balaban J connectivity index is 1.20. The fourth-order valence-electron chi connectivity index (χ4n) is 8.42. The molecule has 0 radical (unpaired) electrons. The summed E-state index contributed by atoms with van der Waals surface area (Å²) in [4.78, 5) is 16.1. The van der Waals surface area contributed by atoms with Crippen molar-refractivity contribution in [2.45, 2.75) is 0 Å². The lowest BCUT2D eigenvalue weighted by atomic mass is 9.95. The monoisotopic (exact) mass is 752 g/mol. The first kappa shape index (κ1) is 34.3. The molecule has 0 amide bonds. The second kappa shape index (κ2) is 14.5. The van der Waals surface area contributed by atoms with Crippen molar-refractivity contribution in [2.75, 3.05) is 0 Å². The van der Waals surface area contributed by atoms with Crippen LogP contribution in [0, 0.1) is 0 Å². The van der Waals surface area contributed by atoms with Crippen molar-refractivity contribution in [2.24, 2.45) is 0 Å². The van der Waals surface area contributed by atoms with Gasteiger partial charge >= 0.3 is 0 Å². The van der Waals surface area contributed by atoms with Gasteiger partial charge in [-0.05, 0) is 86.6 Å². The van der Waals surface area contributed by atoms with Crippen LogP contribution in [-0.2, 0) is 0 Å². The van der Waals surface area contributed by atoms with Gasteiger partial charge in [-0.1, -0.05) is 176 Å². The van der Waals surface area contributed by atoms with Crippen LogP contribution >= 0.6 is 0 Å². The molecule has 2 heterocycles. The van der Waals surface area contributed by atoms with E-state index in [2.05, 4.69) is 217 Å². The van der Waals surface area contributed by atoms with Crippen LogP contribution in [-0.4, -0.2) is 19.5 Å². The first-order chi connectivity index (χ1) is 29.2. The summed E-state index contributed by atoms with van der Waals surface area (Å²) >= 11 is 0. The smallest absolute Gasteiger partial charge is 0.166 e. The van der Waals surface area contributed by atoms with Gasteiger partial charge in [0.15, 0.2) is 17.5 Å². The van der Waals surface area contributed by atoms with Crippen LogP contribution in [0.15, 0.2) is 218 Å². The van der Waals surface area contributed by atoms with E-state index in [0.29, 0.717) is 17.5 Å². The highest BCUT2D eigenvalue weighted by Crippen LogP contribution is 2.39. The first-order valence-electron chi connectivity index (χ1n) is 19.9. The van der Waals surface area contributed by atoms with Gasteiger partial charge in [-0.3, -0.25) is 0 Å². The van der Waals surface area contributed by atoms with Gasteiger partial charge in [0.1, 0.15) is 0 Å². The average molecular weight is 753 g/mol. The van der Waals surface area contributed by atoms with Gasteiger partial charge in [0.2, 0.25) is 0 Å². The summed E-state index contributed by atoms with van der Waals surface area (Å²) in [7, 11) is 0. The zero-order valence-electron chi connectivity index (χ0n) is 32.1. The minimum Gasteiger partial charge on any atom is -0.308 e. The summed E-state index contributed by atoms with van der Waals surface area (Å²) in [5.41, 5.74) is 12.7. The molecule has 0 atom stereocenters. The highest BCUT2D eigenvalue weighted by molar-refractivity contribution is 6.10. The number of hydrogen-bond donors (Lipinski definition) is 0. The van der Waals surface area contributed by atoms with E-state index in [0.717, 1.165) is 72.2 Å². The van der Waals surface area contributed by atoms with Crippen LogP contribution in [0.5, 0.6) is 0 Å². The second-order valence-corrected chi connectivity index (χ2v) is 14.8. The van der Waals surface area contributed by atoms with E-state index in [1.165, 1.54) is 16.2 Å². The number of aromatic nitrogens is 4. The van der Waals surface area contributed by atoms with E-state index < -0.39 is 0 Å². The summed E-state index contributed by atoms with van der Waals surface area (Å²) < 4.78 is 2.37. The van der Waals surface area contributed by atoms with Crippen molar-refractivity contribution in [1.29, 1.82) is 0 Å². The fourth-order valence-corrected chi connectivity index (χ4v) is 8.42. The molecule has 0 bridgehead atoms. The summed E-state index contributed by atoms with van der Waals surface area (Å²) in [5, 5.41) is 4.69. The normalized spacial score (nSPS) is 11.4. The van der Waals surface area contributed by atoms with Gasteiger partial charge < -0.3 is 4.57 Å². The Labute approximate surface area is 342 Å². The molecule has 11 aromatic rings. The van der Waals surface area contributed by atoms with Gasteiger partial charge in [0, 0.05) is 27.5 Å². The molecule has 0 saturated heterocycles. The number of para-hydroxylation sites is 2. The molecule has 0 N–H and O–H groups in total. The lowest BCUT2D eigenvalue weighted by molar-refractivity contribution is 1.07. The minimum absolute atomic E-state index is 0.598. The molecule has 0 fully saturated rings. The predicted octanol–water partition coefficient (Wildman–Crippen LogP) is 14.1. The highest BCUT2D eigenvalue weighted by Gasteiger charge is 2.21. The Morgan fingerprint density at radius 2 is 0.763 bits per heavy atom. The lowest BCUT2D eigenvalue weighted by Crippen LogP contribution is -2.04. The number of nitrogens with zero attached hydrogens (tertiary/aromatic N) is 4. The Bertz CT molecular complexity index is 3260. The maximum Gasteiger partial charge on any atom is 0.166 e.